The van der Waals surface area contributed by atoms with Crippen molar-refractivity contribution in [1.82, 2.24) is 0 Å². The van der Waals surface area contributed by atoms with E-state index in [1.807, 2.05) is 19.9 Å². The maximum Gasteiger partial charge on any atom is 0.169 e. The zero-order valence-electron chi connectivity index (χ0n) is 6.20. The first kappa shape index (κ1) is 8.75. The van der Waals surface area contributed by atoms with Crippen LogP contribution in [0.25, 0.3) is 0 Å². The monoisotopic (exact) mass is 140 g/mol. The van der Waals surface area contributed by atoms with Gasteiger partial charge in [0.05, 0.1) is 0 Å². The van der Waals surface area contributed by atoms with Crippen LogP contribution < -0.4 is 5.73 Å². The van der Waals surface area contributed by atoms with Gasteiger partial charge >= 0.3 is 0 Å². The van der Waals surface area contributed by atoms with E-state index in [0.29, 0.717) is 0 Å². The average Bonchev–Trinajstić information content (AvgIpc) is 1.99. The molecule has 3 N–H and O–H groups in total. The third-order valence-electron chi connectivity index (χ3n) is 1.06. The van der Waals surface area contributed by atoms with Crippen LogP contribution in [0.15, 0.2) is 29.0 Å². The highest BCUT2D eigenvalue weighted by Gasteiger charge is 1.94. The van der Waals surface area contributed by atoms with E-state index in [1.54, 1.807) is 12.2 Å². The molecule has 0 radical (unpaired) electrons. The van der Waals surface area contributed by atoms with Gasteiger partial charge in [-0.2, -0.15) is 0 Å². The van der Waals surface area contributed by atoms with Gasteiger partial charge in [0.2, 0.25) is 0 Å². The summed E-state index contributed by atoms with van der Waals surface area (Å²) in [6, 6.07) is 0. The van der Waals surface area contributed by atoms with Gasteiger partial charge in [-0.1, -0.05) is 23.4 Å². The Labute approximate surface area is 60.5 Å². The maximum absolute atomic E-state index is 8.25. The number of hydrogen-bond acceptors (Lipinski definition) is 2. The fraction of sp³-hybridized carbons (Fsp3) is 0.286. The highest BCUT2D eigenvalue weighted by Crippen LogP contribution is 1.95. The smallest absolute Gasteiger partial charge is 0.169 e. The zero-order chi connectivity index (χ0) is 7.98. The van der Waals surface area contributed by atoms with Crippen LogP contribution in [0.3, 0.4) is 0 Å². The summed E-state index contributed by atoms with van der Waals surface area (Å²) in [5, 5.41) is 11.1. The molecule has 0 spiro atoms. The number of nitrogens with zero attached hydrogens (tertiary/aromatic N) is 1. The molecule has 3 nitrogen and oxygen atoms in total. The van der Waals surface area contributed by atoms with Crippen molar-refractivity contribution < 1.29 is 5.21 Å². The summed E-state index contributed by atoms with van der Waals surface area (Å²) in [4.78, 5) is 0. The first-order valence-corrected chi connectivity index (χ1v) is 3.03. The van der Waals surface area contributed by atoms with Gasteiger partial charge in [-0.25, -0.2) is 0 Å². The van der Waals surface area contributed by atoms with Gasteiger partial charge in [-0.3, -0.25) is 0 Å². The molecule has 56 valence electrons. The lowest BCUT2D eigenvalue weighted by Gasteiger charge is -1.95. The van der Waals surface area contributed by atoms with E-state index in [9.17, 15) is 0 Å². The number of hydrogen-bond donors (Lipinski definition) is 2. The van der Waals surface area contributed by atoms with E-state index >= 15 is 0 Å². The molecule has 0 bridgehead atoms. The van der Waals surface area contributed by atoms with Crippen molar-refractivity contribution >= 4 is 5.84 Å². The molecule has 0 atom stereocenters. The lowest BCUT2D eigenvalue weighted by molar-refractivity contribution is 0.318. The van der Waals surface area contributed by atoms with Gasteiger partial charge in [0, 0.05) is 5.57 Å². The van der Waals surface area contributed by atoms with E-state index in [1.165, 1.54) is 0 Å². The van der Waals surface area contributed by atoms with Gasteiger partial charge in [-0.15, -0.1) is 0 Å². The number of oxime groups is 1. The van der Waals surface area contributed by atoms with E-state index < -0.39 is 0 Å². The molecule has 0 aromatic rings. The van der Waals surface area contributed by atoms with Crippen LogP contribution in [0.1, 0.15) is 13.8 Å². The van der Waals surface area contributed by atoms with Gasteiger partial charge in [0.25, 0.3) is 0 Å². The van der Waals surface area contributed by atoms with E-state index in [4.69, 9.17) is 10.9 Å². The topological polar surface area (TPSA) is 58.6 Å². The van der Waals surface area contributed by atoms with Crippen LogP contribution in [0, 0.1) is 0 Å². The minimum atomic E-state index is 0.139. The minimum absolute atomic E-state index is 0.139. The summed E-state index contributed by atoms with van der Waals surface area (Å²) < 4.78 is 0. The second-order valence-corrected chi connectivity index (χ2v) is 1.73. The Kier molecular flexibility index (Phi) is 4.04. The molecule has 0 saturated heterocycles. The Morgan fingerprint density at radius 3 is 2.40 bits per heavy atom. The van der Waals surface area contributed by atoms with Crippen molar-refractivity contribution in [3.8, 4) is 0 Å². The minimum Gasteiger partial charge on any atom is -0.409 e. The predicted molar refractivity (Wildman–Crippen MR) is 42.0 cm³/mol. The summed E-state index contributed by atoms with van der Waals surface area (Å²) in [6.45, 7) is 3.70. The van der Waals surface area contributed by atoms with Crippen LogP contribution in [-0.2, 0) is 0 Å². The Balaban J connectivity index is 4.39. The van der Waals surface area contributed by atoms with Crippen molar-refractivity contribution in [1.29, 1.82) is 0 Å². The fourth-order valence-electron chi connectivity index (χ4n) is 0.567. The second-order valence-electron chi connectivity index (χ2n) is 1.73. The quantitative estimate of drug-likeness (QED) is 0.199. The highest BCUT2D eigenvalue weighted by molar-refractivity contribution is 5.98. The van der Waals surface area contributed by atoms with E-state index in [-0.39, 0.29) is 5.84 Å². The van der Waals surface area contributed by atoms with E-state index in [2.05, 4.69) is 5.16 Å². The van der Waals surface area contributed by atoms with Gasteiger partial charge in [-0.05, 0) is 13.8 Å². The molecule has 0 aliphatic carbocycles. The lowest BCUT2D eigenvalue weighted by Crippen LogP contribution is -2.13. The van der Waals surface area contributed by atoms with Gasteiger partial charge < -0.3 is 10.9 Å². The van der Waals surface area contributed by atoms with Crippen LogP contribution in [-0.4, -0.2) is 11.0 Å². The SMILES string of the molecule is CC=C/C(=C\C)C(N)=NO. The van der Waals surface area contributed by atoms with Crippen molar-refractivity contribution in [2.75, 3.05) is 0 Å². The third-order valence-corrected chi connectivity index (χ3v) is 1.06. The molecule has 10 heavy (non-hydrogen) atoms. The van der Waals surface area contributed by atoms with Gasteiger partial charge in [0.1, 0.15) is 0 Å². The van der Waals surface area contributed by atoms with Crippen LogP contribution in [0.4, 0.5) is 0 Å². The number of amidine groups is 1. The van der Waals surface area contributed by atoms with Crippen molar-refractivity contribution in [2.24, 2.45) is 10.9 Å². The Hall–Kier alpha value is -1.25. The molecule has 0 heterocycles. The molecule has 0 saturated carbocycles. The molecule has 0 aromatic carbocycles. The molecule has 0 rings (SSSR count). The summed E-state index contributed by atoms with van der Waals surface area (Å²) in [6.07, 6.45) is 5.37. The number of rotatable bonds is 2. The molecule has 0 unspecified atom stereocenters. The molecule has 0 aliphatic rings. The predicted octanol–water partition coefficient (Wildman–Crippen LogP) is 1.26. The first-order chi connectivity index (χ1) is 4.76. The maximum atomic E-state index is 8.25. The average molecular weight is 140 g/mol. The Morgan fingerprint density at radius 2 is 2.10 bits per heavy atom. The van der Waals surface area contributed by atoms with Crippen molar-refractivity contribution in [2.45, 2.75) is 13.8 Å². The number of allylic oxidation sites excluding steroid dienone is 2. The summed E-state index contributed by atoms with van der Waals surface area (Å²) >= 11 is 0. The molecule has 0 amide bonds. The molecule has 0 aliphatic heterocycles. The van der Waals surface area contributed by atoms with Crippen LogP contribution >= 0.6 is 0 Å². The zero-order valence-corrected chi connectivity index (χ0v) is 6.20. The summed E-state index contributed by atoms with van der Waals surface area (Å²) in [7, 11) is 0. The molecule has 3 heteroatoms. The molecular formula is C7H12N2O. The summed E-state index contributed by atoms with van der Waals surface area (Å²) in [5.41, 5.74) is 6.02. The highest BCUT2D eigenvalue weighted by atomic mass is 16.4. The van der Waals surface area contributed by atoms with Crippen molar-refractivity contribution in [3.05, 3.63) is 23.8 Å². The normalized spacial score (nSPS) is 14.6. The molecule has 0 fully saturated rings. The molecular weight excluding hydrogens is 128 g/mol. The fourth-order valence-corrected chi connectivity index (χ4v) is 0.567. The van der Waals surface area contributed by atoms with Crippen LogP contribution in [0.2, 0.25) is 0 Å². The molecule has 0 aromatic heterocycles. The lowest BCUT2D eigenvalue weighted by atomic mass is 10.2. The number of nitrogens with two attached hydrogens (primary N) is 1. The van der Waals surface area contributed by atoms with E-state index in [0.717, 1.165) is 5.57 Å². The third kappa shape index (κ3) is 2.35. The second kappa shape index (κ2) is 4.61. The Morgan fingerprint density at radius 1 is 1.50 bits per heavy atom. The Bertz CT molecular complexity index is 180. The first-order valence-electron chi connectivity index (χ1n) is 3.03. The summed E-state index contributed by atoms with van der Waals surface area (Å²) in [5.74, 6) is 0.139. The standard InChI is InChI=1S/C7H12N2O/c1-3-5-6(4-2)7(8)9-10/h3-5,10H,1-2H3,(H2,8,9)/b5-3?,6-4+. The largest absolute Gasteiger partial charge is 0.409 e. The van der Waals surface area contributed by atoms with Crippen molar-refractivity contribution in [3.63, 3.8) is 0 Å². The van der Waals surface area contributed by atoms with Crippen LogP contribution in [0.5, 0.6) is 0 Å². The van der Waals surface area contributed by atoms with Gasteiger partial charge in [0.15, 0.2) is 5.84 Å².